The highest BCUT2D eigenvalue weighted by atomic mass is 16.4. The van der Waals surface area contributed by atoms with Gasteiger partial charge in [0.1, 0.15) is 0 Å². The molecule has 4 nitrogen and oxygen atoms in total. The summed E-state index contributed by atoms with van der Waals surface area (Å²) in [6.07, 6.45) is 9.17. The van der Waals surface area contributed by atoms with E-state index in [0.717, 1.165) is 6.42 Å². The van der Waals surface area contributed by atoms with Gasteiger partial charge in [0.25, 0.3) is 0 Å². The SMILES string of the molecule is CC1C=CC2=C[C@H](C)CCC2C1CC[C@@H](O)CC(O)CC(=O)O. The zero-order valence-electron chi connectivity index (χ0n) is 14.2. The van der Waals surface area contributed by atoms with Crippen molar-refractivity contribution in [3.8, 4) is 0 Å². The molecule has 6 atom stereocenters. The molecule has 0 amide bonds. The van der Waals surface area contributed by atoms with Crippen molar-refractivity contribution in [1.29, 1.82) is 0 Å². The number of aliphatic hydroxyl groups is 2. The Balaban J connectivity index is 1.88. The molecule has 0 radical (unpaired) electrons. The molecule has 2 aliphatic carbocycles. The molecule has 2 aliphatic rings. The van der Waals surface area contributed by atoms with Crippen molar-refractivity contribution in [3.63, 3.8) is 0 Å². The largest absolute Gasteiger partial charge is 0.481 e. The first-order chi connectivity index (χ1) is 10.9. The molecule has 0 saturated heterocycles. The number of hydrogen-bond donors (Lipinski definition) is 3. The van der Waals surface area contributed by atoms with Gasteiger partial charge in [0.05, 0.1) is 18.6 Å². The Morgan fingerprint density at radius 1 is 1.26 bits per heavy atom. The summed E-state index contributed by atoms with van der Waals surface area (Å²) in [5.41, 5.74) is 1.45. The first kappa shape index (κ1) is 18.2. The van der Waals surface area contributed by atoms with Crippen molar-refractivity contribution in [2.24, 2.45) is 23.7 Å². The lowest BCUT2D eigenvalue weighted by Crippen LogP contribution is -2.30. The van der Waals surface area contributed by atoms with E-state index in [9.17, 15) is 15.0 Å². The van der Waals surface area contributed by atoms with E-state index < -0.39 is 18.2 Å². The van der Waals surface area contributed by atoms with Gasteiger partial charge in [-0.25, -0.2) is 0 Å². The van der Waals surface area contributed by atoms with E-state index in [0.29, 0.717) is 30.1 Å². The van der Waals surface area contributed by atoms with Crippen molar-refractivity contribution in [1.82, 2.24) is 0 Å². The number of fused-ring (bicyclic) bond motifs is 1. The van der Waals surface area contributed by atoms with Crippen LogP contribution in [0, 0.1) is 23.7 Å². The zero-order chi connectivity index (χ0) is 17.0. The van der Waals surface area contributed by atoms with Crippen LogP contribution in [0.25, 0.3) is 0 Å². The molecular weight excluding hydrogens is 292 g/mol. The second-order valence-electron chi connectivity index (χ2n) is 7.43. The van der Waals surface area contributed by atoms with Gasteiger partial charge in [0.15, 0.2) is 0 Å². The van der Waals surface area contributed by atoms with Crippen LogP contribution in [0.15, 0.2) is 23.8 Å². The summed E-state index contributed by atoms with van der Waals surface area (Å²) in [6, 6.07) is 0. The summed E-state index contributed by atoms with van der Waals surface area (Å²) < 4.78 is 0. The molecule has 4 heteroatoms. The van der Waals surface area contributed by atoms with E-state index in [2.05, 4.69) is 32.1 Å². The highest BCUT2D eigenvalue weighted by molar-refractivity contribution is 5.67. The molecule has 4 unspecified atom stereocenters. The maximum Gasteiger partial charge on any atom is 0.305 e. The average Bonchev–Trinajstić information content (AvgIpc) is 2.45. The van der Waals surface area contributed by atoms with Crippen LogP contribution in [-0.2, 0) is 4.79 Å². The fourth-order valence-electron chi connectivity index (χ4n) is 4.12. The van der Waals surface area contributed by atoms with Crippen LogP contribution in [0.2, 0.25) is 0 Å². The summed E-state index contributed by atoms with van der Waals surface area (Å²) in [7, 11) is 0. The number of allylic oxidation sites excluding steroid dienone is 4. The minimum Gasteiger partial charge on any atom is -0.481 e. The summed E-state index contributed by atoms with van der Waals surface area (Å²) in [4.78, 5) is 10.6. The summed E-state index contributed by atoms with van der Waals surface area (Å²) in [6.45, 7) is 4.50. The molecule has 0 aromatic carbocycles. The summed E-state index contributed by atoms with van der Waals surface area (Å²) in [5.74, 6) is 1.24. The second kappa shape index (κ2) is 8.11. The number of hydrogen-bond acceptors (Lipinski definition) is 3. The van der Waals surface area contributed by atoms with E-state index in [1.54, 1.807) is 0 Å². The Morgan fingerprint density at radius 3 is 2.70 bits per heavy atom. The lowest BCUT2D eigenvalue weighted by atomic mass is 9.66. The van der Waals surface area contributed by atoms with Crippen LogP contribution in [0.3, 0.4) is 0 Å². The molecule has 0 saturated carbocycles. The first-order valence-electron chi connectivity index (χ1n) is 8.84. The van der Waals surface area contributed by atoms with Gasteiger partial charge in [-0.15, -0.1) is 0 Å². The van der Waals surface area contributed by atoms with E-state index in [1.807, 2.05) is 0 Å². The number of carbonyl (C=O) groups is 1. The monoisotopic (exact) mass is 322 g/mol. The van der Waals surface area contributed by atoms with Crippen LogP contribution in [-0.4, -0.2) is 33.5 Å². The Kier molecular flexibility index (Phi) is 6.42. The van der Waals surface area contributed by atoms with Gasteiger partial charge < -0.3 is 15.3 Å². The number of aliphatic hydroxyl groups excluding tert-OH is 2. The highest BCUT2D eigenvalue weighted by Crippen LogP contribution is 2.43. The van der Waals surface area contributed by atoms with E-state index in [4.69, 9.17) is 5.11 Å². The third kappa shape index (κ3) is 5.18. The van der Waals surface area contributed by atoms with Crippen LogP contribution in [0.4, 0.5) is 0 Å². The molecule has 130 valence electrons. The number of rotatable bonds is 7. The van der Waals surface area contributed by atoms with Crippen molar-refractivity contribution in [2.75, 3.05) is 0 Å². The zero-order valence-corrected chi connectivity index (χ0v) is 14.2. The third-order valence-corrected chi connectivity index (χ3v) is 5.41. The first-order valence-corrected chi connectivity index (χ1v) is 8.84. The fraction of sp³-hybridized carbons (Fsp3) is 0.737. The van der Waals surface area contributed by atoms with Crippen LogP contribution in [0.1, 0.15) is 52.4 Å². The molecule has 0 spiro atoms. The molecule has 0 aromatic heterocycles. The number of carboxylic acids is 1. The molecule has 0 heterocycles. The minimum atomic E-state index is -1.03. The summed E-state index contributed by atoms with van der Waals surface area (Å²) >= 11 is 0. The second-order valence-corrected chi connectivity index (χ2v) is 7.43. The van der Waals surface area contributed by atoms with Crippen LogP contribution in [0.5, 0.6) is 0 Å². The third-order valence-electron chi connectivity index (χ3n) is 5.41. The smallest absolute Gasteiger partial charge is 0.305 e. The van der Waals surface area contributed by atoms with Crippen molar-refractivity contribution in [2.45, 2.75) is 64.6 Å². The lowest BCUT2D eigenvalue weighted by molar-refractivity contribution is -0.139. The van der Waals surface area contributed by atoms with Gasteiger partial charge in [-0.2, -0.15) is 0 Å². The van der Waals surface area contributed by atoms with E-state index in [1.165, 1.54) is 18.4 Å². The Bertz CT molecular complexity index is 468. The van der Waals surface area contributed by atoms with Gasteiger partial charge in [-0.05, 0) is 61.3 Å². The maximum absolute atomic E-state index is 10.6. The Morgan fingerprint density at radius 2 is 2.00 bits per heavy atom. The molecular formula is C19H30O4. The lowest BCUT2D eigenvalue weighted by Gasteiger charge is -2.39. The average molecular weight is 322 g/mol. The normalized spacial score (nSPS) is 32.8. The highest BCUT2D eigenvalue weighted by Gasteiger charge is 2.33. The predicted molar refractivity (Wildman–Crippen MR) is 89.9 cm³/mol. The Hall–Kier alpha value is -1.13. The van der Waals surface area contributed by atoms with E-state index in [-0.39, 0.29) is 12.8 Å². The number of carboxylic acid groups (broad SMARTS) is 1. The minimum absolute atomic E-state index is 0.146. The fourth-order valence-corrected chi connectivity index (χ4v) is 4.12. The van der Waals surface area contributed by atoms with Crippen molar-refractivity contribution in [3.05, 3.63) is 23.8 Å². The maximum atomic E-state index is 10.6. The molecule has 0 aliphatic heterocycles. The van der Waals surface area contributed by atoms with Crippen molar-refractivity contribution < 1.29 is 20.1 Å². The van der Waals surface area contributed by atoms with Crippen LogP contribution < -0.4 is 0 Å². The Labute approximate surface area is 138 Å². The molecule has 23 heavy (non-hydrogen) atoms. The number of aliphatic carboxylic acids is 1. The molecule has 3 N–H and O–H groups in total. The summed E-state index contributed by atoms with van der Waals surface area (Å²) in [5, 5.41) is 28.4. The van der Waals surface area contributed by atoms with Crippen LogP contribution >= 0.6 is 0 Å². The standard InChI is InChI=1S/C19H30O4/c1-12-3-7-18-14(9-12)5-4-13(2)17(18)8-6-15(20)10-16(21)11-19(22)23/h4-5,9,12-13,15-18,20-21H,3,6-8,10-11H2,1-2H3,(H,22,23)/t12-,13?,15-,16?,17?,18?/m1/s1. The molecule has 0 bridgehead atoms. The van der Waals surface area contributed by atoms with Gasteiger partial charge >= 0.3 is 5.97 Å². The van der Waals surface area contributed by atoms with Gasteiger partial charge in [0.2, 0.25) is 0 Å². The molecule has 0 aromatic rings. The van der Waals surface area contributed by atoms with Gasteiger partial charge in [-0.3, -0.25) is 4.79 Å². The van der Waals surface area contributed by atoms with Crippen molar-refractivity contribution >= 4 is 5.97 Å². The van der Waals surface area contributed by atoms with Gasteiger partial charge in [0, 0.05) is 0 Å². The van der Waals surface area contributed by atoms with Gasteiger partial charge in [-0.1, -0.05) is 32.1 Å². The molecule has 0 fully saturated rings. The topological polar surface area (TPSA) is 77.8 Å². The predicted octanol–water partition coefficient (Wildman–Crippen LogP) is 3.15. The molecule has 2 rings (SSSR count). The quantitative estimate of drug-likeness (QED) is 0.673. The van der Waals surface area contributed by atoms with E-state index >= 15 is 0 Å².